The van der Waals surface area contributed by atoms with Gasteiger partial charge in [0.15, 0.2) is 11.5 Å². The zero-order valence-electron chi connectivity index (χ0n) is 24.8. The van der Waals surface area contributed by atoms with Crippen molar-refractivity contribution in [1.82, 2.24) is 10.6 Å². The normalized spacial score (nSPS) is 14.3. The van der Waals surface area contributed by atoms with Gasteiger partial charge < -0.3 is 34.9 Å². The highest BCUT2D eigenvalue weighted by molar-refractivity contribution is 5.85. The molecule has 0 fully saturated rings. The van der Waals surface area contributed by atoms with Crippen LogP contribution in [0.1, 0.15) is 43.0 Å². The van der Waals surface area contributed by atoms with Gasteiger partial charge in [0.2, 0.25) is 23.0 Å². The average molecular weight is 576 g/mol. The molecule has 0 saturated carbocycles. The Labute approximate surface area is 245 Å². The van der Waals surface area contributed by atoms with Crippen LogP contribution in [0.2, 0.25) is 0 Å². The van der Waals surface area contributed by atoms with Crippen molar-refractivity contribution in [2.45, 2.75) is 45.3 Å². The van der Waals surface area contributed by atoms with Crippen molar-refractivity contribution in [3.63, 3.8) is 0 Å². The quantitative estimate of drug-likeness (QED) is 0.332. The van der Waals surface area contributed by atoms with E-state index < -0.39 is 12.1 Å². The van der Waals surface area contributed by atoms with E-state index in [4.69, 9.17) is 18.9 Å². The van der Waals surface area contributed by atoms with Crippen molar-refractivity contribution < 1.29 is 28.5 Å². The average Bonchev–Trinajstić information content (AvgIpc) is 3.23. The molecule has 3 N–H and O–H groups in total. The summed E-state index contributed by atoms with van der Waals surface area (Å²) in [4.78, 5) is 38.6. The third kappa shape index (κ3) is 6.43. The van der Waals surface area contributed by atoms with Crippen LogP contribution in [0.25, 0.3) is 11.1 Å². The molecule has 3 aromatic carbocycles. The molecule has 3 aromatic rings. The summed E-state index contributed by atoms with van der Waals surface area (Å²) in [5.74, 6) is 1.68. The molecule has 0 bridgehead atoms. The lowest BCUT2D eigenvalue weighted by Gasteiger charge is -2.19. The van der Waals surface area contributed by atoms with Gasteiger partial charge in [0.1, 0.15) is 11.8 Å². The van der Waals surface area contributed by atoms with Gasteiger partial charge in [-0.3, -0.25) is 14.4 Å². The zero-order valence-corrected chi connectivity index (χ0v) is 24.8. The summed E-state index contributed by atoms with van der Waals surface area (Å²) < 4.78 is 22.2. The predicted octanol–water partition coefficient (Wildman–Crippen LogP) is 3.99. The van der Waals surface area contributed by atoms with E-state index in [1.165, 1.54) is 20.1 Å². The van der Waals surface area contributed by atoms with Gasteiger partial charge in [0, 0.05) is 19.0 Å². The van der Waals surface area contributed by atoms with Crippen LogP contribution in [0.15, 0.2) is 53.3 Å². The molecule has 4 rings (SSSR count). The van der Waals surface area contributed by atoms with Crippen molar-refractivity contribution >= 4 is 17.5 Å². The number of methoxy groups -OCH3 is 4. The number of benzene rings is 2. The molecule has 1 aliphatic rings. The highest BCUT2D eigenvalue weighted by Gasteiger charge is 2.29. The molecule has 0 unspecified atom stereocenters. The molecular weight excluding hydrogens is 538 g/mol. The number of rotatable bonds is 10. The van der Waals surface area contributed by atoms with E-state index >= 15 is 0 Å². The van der Waals surface area contributed by atoms with Crippen LogP contribution in [0.4, 0.5) is 5.69 Å². The topological polar surface area (TPSA) is 124 Å². The summed E-state index contributed by atoms with van der Waals surface area (Å²) in [6.45, 7) is 3.47. The molecule has 10 nitrogen and oxygen atoms in total. The van der Waals surface area contributed by atoms with Crippen LogP contribution in [0.3, 0.4) is 0 Å². The molecule has 0 aromatic heterocycles. The second kappa shape index (κ2) is 13.3. The van der Waals surface area contributed by atoms with Crippen LogP contribution >= 0.6 is 0 Å². The minimum atomic E-state index is -0.699. The van der Waals surface area contributed by atoms with Crippen LogP contribution in [0.5, 0.6) is 23.0 Å². The number of amides is 2. The molecule has 2 amide bonds. The van der Waals surface area contributed by atoms with Crippen LogP contribution in [0, 0.1) is 0 Å². The Morgan fingerprint density at radius 1 is 0.929 bits per heavy atom. The van der Waals surface area contributed by atoms with E-state index in [9.17, 15) is 14.4 Å². The van der Waals surface area contributed by atoms with Crippen LogP contribution in [-0.4, -0.2) is 46.3 Å². The number of fused-ring (bicyclic) bond motifs is 3. The lowest BCUT2D eigenvalue weighted by molar-refractivity contribution is -0.122. The Kier molecular flexibility index (Phi) is 9.57. The van der Waals surface area contributed by atoms with Gasteiger partial charge in [-0.1, -0.05) is 18.2 Å². The fraction of sp³-hybridized carbons (Fsp3) is 0.344. The lowest BCUT2D eigenvalue weighted by Crippen LogP contribution is -2.38. The highest BCUT2D eigenvalue weighted by atomic mass is 16.5. The standard InChI is InChI=1S/C32H37N3O7/c1-18(32(38)33-17-20-7-10-22(39-3)11-8-20)34-26-14-12-23-24(16-27(26)37)25(35-19(2)36)13-9-21-15-28(40-4)30(41-5)31(42-6)29(21)23/h7-8,10-12,14-16,18,25H,9,13,17H2,1-6H3,(H,33,38)(H,34,37)(H,35,36)/t18-,25-/m0/s1. The van der Waals surface area contributed by atoms with E-state index in [-0.39, 0.29) is 22.9 Å². The zero-order chi connectivity index (χ0) is 30.4. The summed E-state index contributed by atoms with van der Waals surface area (Å²) >= 11 is 0. The second-order valence-electron chi connectivity index (χ2n) is 10.0. The maximum atomic E-state index is 13.5. The Bertz CT molecular complexity index is 1520. The SMILES string of the molecule is COc1ccc(CNC(=O)[C@H](C)Nc2ccc3c(cc2=O)[C@@H](NC(C)=O)CCc2cc(OC)c(OC)c(OC)c2-3)cc1. The van der Waals surface area contributed by atoms with E-state index in [1.807, 2.05) is 36.4 Å². The molecule has 0 radical (unpaired) electrons. The minimum Gasteiger partial charge on any atom is -0.497 e. The summed E-state index contributed by atoms with van der Waals surface area (Å²) in [5, 5.41) is 8.95. The smallest absolute Gasteiger partial charge is 0.242 e. The molecule has 0 aliphatic heterocycles. The van der Waals surface area contributed by atoms with E-state index in [0.29, 0.717) is 47.8 Å². The molecule has 0 saturated heterocycles. The molecule has 0 spiro atoms. The van der Waals surface area contributed by atoms with Gasteiger partial charge in [-0.15, -0.1) is 0 Å². The van der Waals surface area contributed by atoms with Gasteiger partial charge >= 0.3 is 0 Å². The monoisotopic (exact) mass is 575 g/mol. The number of hydrogen-bond donors (Lipinski definition) is 3. The summed E-state index contributed by atoms with van der Waals surface area (Å²) in [6, 6.07) is 13.2. The Morgan fingerprint density at radius 2 is 1.64 bits per heavy atom. The summed E-state index contributed by atoms with van der Waals surface area (Å²) in [5.41, 5.74) is 3.88. The Hall–Kier alpha value is -4.73. The van der Waals surface area contributed by atoms with Gasteiger partial charge in [0.25, 0.3) is 0 Å². The number of carbonyl (C=O) groups is 2. The van der Waals surface area contributed by atoms with Gasteiger partial charge in [0.05, 0.1) is 40.2 Å². The Morgan fingerprint density at radius 3 is 2.26 bits per heavy atom. The third-order valence-corrected chi connectivity index (χ3v) is 7.31. The number of ether oxygens (including phenoxy) is 4. The first-order valence-corrected chi connectivity index (χ1v) is 13.6. The summed E-state index contributed by atoms with van der Waals surface area (Å²) in [6.07, 6.45) is 1.15. The van der Waals surface area contributed by atoms with Crippen molar-refractivity contribution in [3.8, 4) is 34.1 Å². The molecular formula is C32H37N3O7. The molecule has 10 heteroatoms. The first-order chi connectivity index (χ1) is 20.2. The van der Waals surface area contributed by atoms with Gasteiger partial charge in [-0.25, -0.2) is 0 Å². The van der Waals surface area contributed by atoms with E-state index in [0.717, 1.165) is 22.4 Å². The van der Waals surface area contributed by atoms with Crippen molar-refractivity contribution in [2.24, 2.45) is 0 Å². The predicted molar refractivity (Wildman–Crippen MR) is 161 cm³/mol. The molecule has 222 valence electrons. The minimum absolute atomic E-state index is 0.210. The van der Waals surface area contributed by atoms with Gasteiger partial charge in [-0.05, 0) is 72.4 Å². The first kappa shape index (κ1) is 30.2. The molecule has 0 heterocycles. The fourth-order valence-electron chi connectivity index (χ4n) is 5.21. The van der Waals surface area contributed by atoms with Crippen molar-refractivity contribution in [1.29, 1.82) is 0 Å². The molecule has 42 heavy (non-hydrogen) atoms. The maximum Gasteiger partial charge on any atom is 0.242 e. The van der Waals surface area contributed by atoms with Gasteiger partial charge in [-0.2, -0.15) is 0 Å². The summed E-state index contributed by atoms with van der Waals surface area (Å²) in [7, 11) is 6.24. The number of carbonyl (C=O) groups excluding carboxylic acids is 2. The maximum absolute atomic E-state index is 13.5. The van der Waals surface area contributed by atoms with Crippen molar-refractivity contribution in [2.75, 3.05) is 33.8 Å². The number of aryl methyl sites for hydroxylation is 1. The largest absolute Gasteiger partial charge is 0.497 e. The molecule has 1 aliphatic carbocycles. The first-order valence-electron chi connectivity index (χ1n) is 13.6. The second-order valence-corrected chi connectivity index (χ2v) is 10.0. The third-order valence-electron chi connectivity index (χ3n) is 7.31. The van der Waals surface area contributed by atoms with E-state index in [1.54, 1.807) is 34.3 Å². The number of nitrogens with one attached hydrogen (secondary N) is 3. The van der Waals surface area contributed by atoms with Crippen LogP contribution in [-0.2, 0) is 22.6 Å². The molecule has 2 atom stereocenters. The number of anilines is 1. The van der Waals surface area contributed by atoms with Crippen LogP contribution < -0.4 is 40.3 Å². The highest BCUT2D eigenvalue weighted by Crippen LogP contribution is 2.50. The fourth-order valence-corrected chi connectivity index (χ4v) is 5.21. The van der Waals surface area contributed by atoms with E-state index in [2.05, 4.69) is 16.0 Å². The lowest BCUT2D eigenvalue weighted by atomic mass is 9.95. The Balaban J connectivity index is 1.71. The number of hydrogen-bond acceptors (Lipinski definition) is 8. The van der Waals surface area contributed by atoms with Crippen molar-refractivity contribution in [3.05, 3.63) is 75.4 Å².